The summed E-state index contributed by atoms with van der Waals surface area (Å²) >= 11 is 0. The van der Waals surface area contributed by atoms with Gasteiger partial charge in [0.15, 0.2) is 0 Å². The van der Waals surface area contributed by atoms with Gasteiger partial charge in [-0.3, -0.25) is 0 Å². The average molecular weight is 216 g/mol. The summed E-state index contributed by atoms with van der Waals surface area (Å²) in [4.78, 5) is 0. The molecule has 0 aromatic heterocycles. The Labute approximate surface area is 98.5 Å². The predicted octanol–water partition coefficient (Wildman–Crippen LogP) is 4.11. The van der Waals surface area contributed by atoms with Gasteiger partial charge in [0.1, 0.15) is 5.75 Å². The highest BCUT2D eigenvalue weighted by atomic mass is 16.5. The van der Waals surface area contributed by atoms with Crippen molar-refractivity contribution in [3.05, 3.63) is 55.1 Å². The minimum atomic E-state index is 0.0930. The number of hydrogen-bond donors (Lipinski definition) is 0. The highest BCUT2D eigenvalue weighted by molar-refractivity contribution is 5.33. The minimum absolute atomic E-state index is 0.0930. The fourth-order valence-corrected chi connectivity index (χ4v) is 1.95. The summed E-state index contributed by atoms with van der Waals surface area (Å²) in [6, 6.07) is 8.23. The van der Waals surface area contributed by atoms with E-state index in [9.17, 15) is 0 Å². The summed E-state index contributed by atoms with van der Waals surface area (Å²) in [6.07, 6.45) is 5.83. The van der Waals surface area contributed by atoms with Gasteiger partial charge in [-0.05, 0) is 36.0 Å². The van der Waals surface area contributed by atoms with Gasteiger partial charge in [-0.1, -0.05) is 31.2 Å². The van der Waals surface area contributed by atoms with Crippen molar-refractivity contribution in [1.29, 1.82) is 0 Å². The van der Waals surface area contributed by atoms with E-state index >= 15 is 0 Å². The van der Waals surface area contributed by atoms with Gasteiger partial charge in [-0.25, -0.2) is 0 Å². The number of methoxy groups -OCH3 is 1. The van der Waals surface area contributed by atoms with E-state index in [-0.39, 0.29) is 5.41 Å². The smallest absolute Gasteiger partial charge is 0.118 e. The van der Waals surface area contributed by atoms with Crippen molar-refractivity contribution in [2.45, 2.75) is 25.2 Å². The van der Waals surface area contributed by atoms with Crippen molar-refractivity contribution >= 4 is 0 Å². The highest BCUT2D eigenvalue weighted by Crippen LogP contribution is 2.33. The molecule has 86 valence electrons. The lowest BCUT2D eigenvalue weighted by Gasteiger charge is -2.28. The minimum Gasteiger partial charge on any atom is -0.497 e. The summed E-state index contributed by atoms with van der Waals surface area (Å²) < 4.78 is 5.16. The molecule has 0 bridgehead atoms. The van der Waals surface area contributed by atoms with Gasteiger partial charge >= 0.3 is 0 Å². The van der Waals surface area contributed by atoms with E-state index in [1.165, 1.54) is 5.56 Å². The summed E-state index contributed by atoms with van der Waals surface area (Å²) in [6.45, 7) is 9.89. The van der Waals surface area contributed by atoms with Crippen LogP contribution in [0.4, 0.5) is 0 Å². The van der Waals surface area contributed by atoms with Crippen LogP contribution < -0.4 is 4.74 Å². The van der Waals surface area contributed by atoms with E-state index in [4.69, 9.17) is 4.74 Å². The Balaban J connectivity index is 3.00. The molecule has 0 fully saturated rings. The van der Waals surface area contributed by atoms with Crippen molar-refractivity contribution in [3.63, 3.8) is 0 Å². The van der Waals surface area contributed by atoms with Crippen LogP contribution in [0.2, 0.25) is 0 Å². The van der Waals surface area contributed by atoms with E-state index in [0.717, 1.165) is 18.6 Å². The fraction of sp³-hybridized carbons (Fsp3) is 0.333. The van der Waals surface area contributed by atoms with Gasteiger partial charge in [-0.2, -0.15) is 0 Å². The molecule has 1 aromatic rings. The normalized spacial score (nSPS) is 10.9. The molecule has 1 heteroatoms. The molecular formula is C15H20O. The molecule has 1 nitrogen and oxygen atoms in total. The van der Waals surface area contributed by atoms with Crippen molar-refractivity contribution in [3.8, 4) is 5.75 Å². The SMILES string of the molecule is C=CCC(C)(CC=C)c1ccc(OC)cc1. The molecule has 0 spiro atoms. The molecule has 0 aliphatic rings. The Bertz CT molecular complexity index is 338. The number of hydrogen-bond acceptors (Lipinski definition) is 1. The van der Waals surface area contributed by atoms with Crippen LogP contribution in [0.1, 0.15) is 25.3 Å². The molecule has 0 aliphatic carbocycles. The van der Waals surface area contributed by atoms with Crippen LogP contribution in [-0.2, 0) is 5.41 Å². The average Bonchev–Trinajstić information content (AvgIpc) is 2.30. The monoisotopic (exact) mass is 216 g/mol. The Morgan fingerprint density at radius 3 is 2.00 bits per heavy atom. The molecule has 0 unspecified atom stereocenters. The molecule has 16 heavy (non-hydrogen) atoms. The molecule has 1 aromatic carbocycles. The van der Waals surface area contributed by atoms with Crippen LogP contribution in [0.3, 0.4) is 0 Å². The standard InChI is InChI=1S/C15H20O/c1-5-11-15(3,12-6-2)13-7-9-14(16-4)10-8-13/h5-10H,1-2,11-12H2,3-4H3. The lowest BCUT2D eigenvalue weighted by atomic mass is 9.77. The van der Waals surface area contributed by atoms with Gasteiger partial charge in [0.25, 0.3) is 0 Å². The third-order valence-corrected chi connectivity index (χ3v) is 2.98. The zero-order valence-corrected chi connectivity index (χ0v) is 10.2. The molecule has 0 aliphatic heterocycles. The summed E-state index contributed by atoms with van der Waals surface area (Å²) in [5, 5.41) is 0. The second kappa shape index (κ2) is 5.55. The summed E-state index contributed by atoms with van der Waals surface area (Å²) in [7, 11) is 1.68. The quantitative estimate of drug-likeness (QED) is 0.650. The van der Waals surface area contributed by atoms with Gasteiger partial charge < -0.3 is 4.74 Å². The first-order valence-corrected chi connectivity index (χ1v) is 5.52. The van der Waals surface area contributed by atoms with Crippen molar-refractivity contribution in [1.82, 2.24) is 0 Å². The number of rotatable bonds is 6. The molecule has 0 atom stereocenters. The van der Waals surface area contributed by atoms with Crippen LogP contribution in [0.5, 0.6) is 5.75 Å². The van der Waals surface area contributed by atoms with Gasteiger partial charge in [0.2, 0.25) is 0 Å². The number of benzene rings is 1. The molecular weight excluding hydrogens is 196 g/mol. The fourth-order valence-electron chi connectivity index (χ4n) is 1.95. The molecule has 0 heterocycles. The first-order chi connectivity index (χ1) is 7.66. The third-order valence-electron chi connectivity index (χ3n) is 2.98. The maximum Gasteiger partial charge on any atom is 0.118 e. The highest BCUT2D eigenvalue weighted by Gasteiger charge is 2.23. The van der Waals surface area contributed by atoms with Crippen molar-refractivity contribution < 1.29 is 4.74 Å². The van der Waals surface area contributed by atoms with E-state index < -0.39 is 0 Å². The molecule has 0 saturated carbocycles. The first-order valence-electron chi connectivity index (χ1n) is 5.52. The molecule has 0 N–H and O–H groups in total. The van der Waals surface area contributed by atoms with Gasteiger partial charge in [0, 0.05) is 0 Å². The Morgan fingerprint density at radius 1 is 1.12 bits per heavy atom. The Hall–Kier alpha value is -1.50. The second-order valence-corrected chi connectivity index (χ2v) is 4.27. The first kappa shape index (κ1) is 12.6. The lowest BCUT2D eigenvalue weighted by molar-refractivity contribution is 0.413. The zero-order valence-electron chi connectivity index (χ0n) is 10.2. The van der Waals surface area contributed by atoms with Crippen molar-refractivity contribution in [2.24, 2.45) is 0 Å². The van der Waals surface area contributed by atoms with E-state index in [1.54, 1.807) is 7.11 Å². The maximum absolute atomic E-state index is 5.16. The zero-order chi connectivity index (χ0) is 12.0. The van der Waals surface area contributed by atoms with E-state index in [0.29, 0.717) is 0 Å². The van der Waals surface area contributed by atoms with Crippen LogP contribution in [0, 0.1) is 0 Å². The third kappa shape index (κ3) is 2.75. The Kier molecular flexibility index (Phi) is 4.36. The van der Waals surface area contributed by atoms with Crippen LogP contribution in [0.25, 0.3) is 0 Å². The largest absolute Gasteiger partial charge is 0.497 e. The summed E-state index contributed by atoms with van der Waals surface area (Å²) in [5.41, 5.74) is 1.39. The van der Waals surface area contributed by atoms with E-state index in [1.807, 2.05) is 24.3 Å². The number of ether oxygens (including phenoxy) is 1. The van der Waals surface area contributed by atoms with Crippen LogP contribution in [0.15, 0.2) is 49.6 Å². The van der Waals surface area contributed by atoms with E-state index in [2.05, 4.69) is 32.2 Å². The molecule has 0 amide bonds. The lowest BCUT2D eigenvalue weighted by Crippen LogP contribution is -2.20. The van der Waals surface area contributed by atoms with Gasteiger partial charge in [0.05, 0.1) is 7.11 Å². The summed E-state index contributed by atoms with van der Waals surface area (Å²) in [5.74, 6) is 0.892. The Morgan fingerprint density at radius 2 is 1.62 bits per heavy atom. The van der Waals surface area contributed by atoms with Crippen molar-refractivity contribution in [2.75, 3.05) is 7.11 Å². The molecule has 1 rings (SSSR count). The topological polar surface area (TPSA) is 9.23 Å². The molecule has 0 radical (unpaired) electrons. The van der Waals surface area contributed by atoms with Crippen LogP contribution in [-0.4, -0.2) is 7.11 Å². The number of allylic oxidation sites excluding steroid dienone is 2. The maximum atomic E-state index is 5.16. The predicted molar refractivity (Wildman–Crippen MR) is 70.0 cm³/mol. The van der Waals surface area contributed by atoms with Crippen LogP contribution >= 0.6 is 0 Å². The van der Waals surface area contributed by atoms with Gasteiger partial charge in [-0.15, -0.1) is 13.2 Å². The second-order valence-electron chi connectivity index (χ2n) is 4.27. The molecule has 0 saturated heterocycles.